The second-order valence-electron chi connectivity index (χ2n) is 11.9. The lowest BCUT2D eigenvalue weighted by Crippen LogP contribution is -2.38. The summed E-state index contributed by atoms with van der Waals surface area (Å²) in [6.45, 7) is 5.00. The maximum atomic E-state index is 11.9. The van der Waals surface area contributed by atoms with Crippen LogP contribution in [0.4, 0.5) is 10.8 Å². The highest BCUT2D eigenvalue weighted by Crippen LogP contribution is 2.55. The lowest BCUT2D eigenvalue weighted by atomic mass is 9.63. The molecule has 3 aromatic heterocycles. The van der Waals surface area contributed by atoms with Gasteiger partial charge in [0, 0.05) is 28.8 Å². The third-order valence-electron chi connectivity index (χ3n) is 9.16. The Hall–Kier alpha value is -4.28. The van der Waals surface area contributed by atoms with Crippen LogP contribution in [0.1, 0.15) is 79.7 Å². The van der Waals surface area contributed by atoms with Crippen molar-refractivity contribution in [3.8, 4) is 23.5 Å². The molecule has 0 radical (unpaired) electrons. The van der Waals surface area contributed by atoms with Gasteiger partial charge in [-0.3, -0.25) is 4.90 Å². The number of thiophene rings is 1. The summed E-state index contributed by atoms with van der Waals surface area (Å²) in [4.78, 5) is 29.4. The Labute approximate surface area is 266 Å². The van der Waals surface area contributed by atoms with Gasteiger partial charge in [-0.05, 0) is 90.4 Å². The van der Waals surface area contributed by atoms with Crippen molar-refractivity contribution >= 4 is 34.3 Å². The van der Waals surface area contributed by atoms with E-state index in [9.17, 15) is 10.1 Å². The monoisotopic (exact) mass is 630 g/mol. The van der Waals surface area contributed by atoms with Gasteiger partial charge in [0.05, 0.1) is 17.6 Å². The zero-order valence-electron chi connectivity index (χ0n) is 25.8. The Balaban J connectivity index is 1.40. The molecule has 0 unspecified atom stereocenters. The number of nitrogens with zero attached hydrogens (tertiary/aromatic N) is 6. The number of nitrogen functional groups attached to an aromatic ring is 1. The number of carbonyl (C=O) groups excluding carboxylic acids is 1. The average molecular weight is 631 g/mol. The van der Waals surface area contributed by atoms with Crippen molar-refractivity contribution in [1.82, 2.24) is 20.0 Å². The number of esters is 1. The van der Waals surface area contributed by atoms with Crippen molar-refractivity contribution in [1.29, 1.82) is 5.26 Å². The number of hydrogen-bond acceptors (Lipinski definition) is 13. The molecule has 236 valence electrons. The summed E-state index contributed by atoms with van der Waals surface area (Å²) in [7, 11) is 2.10. The number of aromatic nitrogens is 3. The van der Waals surface area contributed by atoms with E-state index in [-0.39, 0.29) is 24.4 Å². The maximum absolute atomic E-state index is 11.9. The SMILES string of the molecule is CCOC(=O)C(N)=CC=Nc1cc(O[C@@H](C)[C@@H]2CCCN2C)nc(-c2noc3c2CCC[C@@]32CCCc3sc(N)c(C#N)c32)n1. The minimum absolute atomic E-state index is 0.0715. The van der Waals surface area contributed by atoms with Gasteiger partial charge in [-0.15, -0.1) is 11.3 Å². The number of anilines is 1. The van der Waals surface area contributed by atoms with Crippen molar-refractivity contribution in [3.05, 3.63) is 45.2 Å². The summed E-state index contributed by atoms with van der Waals surface area (Å²) in [5.41, 5.74) is 14.7. The molecule has 1 aliphatic heterocycles. The minimum atomic E-state index is -0.619. The van der Waals surface area contributed by atoms with E-state index in [2.05, 4.69) is 28.2 Å². The van der Waals surface area contributed by atoms with E-state index in [1.807, 2.05) is 6.92 Å². The normalized spacial score (nSPS) is 22.3. The number of likely N-dealkylation sites (tertiary alicyclic amines) is 1. The first kappa shape index (κ1) is 30.7. The number of ether oxygens (including phenoxy) is 2. The molecule has 4 N–H and O–H groups in total. The first-order valence-corrected chi connectivity index (χ1v) is 16.3. The van der Waals surface area contributed by atoms with Crippen LogP contribution in [-0.4, -0.2) is 64.6 Å². The molecule has 1 spiro atoms. The molecule has 45 heavy (non-hydrogen) atoms. The van der Waals surface area contributed by atoms with Crippen molar-refractivity contribution in [3.63, 3.8) is 0 Å². The second-order valence-corrected chi connectivity index (χ2v) is 13.0. The molecule has 3 aliphatic rings. The number of fused-ring (bicyclic) bond motifs is 4. The van der Waals surface area contributed by atoms with E-state index < -0.39 is 11.4 Å². The van der Waals surface area contributed by atoms with E-state index >= 15 is 0 Å². The summed E-state index contributed by atoms with van der Waals surface area (Å²) < 4.78 is 17.5. The van der Waals surface area contributed by atoms with Gasteiger partial charge in [0.1, 0.15) is 22.9 Å². The van der Waals surface area contributed by atoms with Gasteiger partial charge in [0.15, 0.2) is 23.1 Å². The van der Waals surface area contributed by atoms with E-state index in [1.54, 1.807) is 13.0 Å². The Morgan fingerprint density at radius 2 is 2.13 bits per heavy atom. The molecule has 3 atom stereocenters. The summed E-state index contributed by atoms with van der Waals surface area (Å²) in [6.07, 6.45) is 10.0. The molecule has 6 rings (SSSR count). The molecular formula is C32H38N8O4S. The highest BCUT2D eigenvalue weighted by atomic mass is 32.1. The summed E-state index contributed by atoms with van der Waals surface area (Å²) in [6, 6.07) is 4.29. The van der Waals surface area contributed by atoms with Crippen LogP contribution in [0, 0.1) is 11.3 Å². The molecule has 0 bridgehead atoms. The zero-order chi connectivity index (χ0) is 31.7. The molecule has 0 amide bonds. The molecule has 1 fully saturated rings. The van der Waals surface area contributed by atoms with Crippen molar-refractivity contribution < 1.29 is 18.8 Å². The number of aryl methyl sites for hydroxylation is 1. The molecule has 0 aromatic carbocycles. The predicted molar refractivity (Wildman–Crippen MR) is 170 cm³/mol. The third-order valence-corrected chi connectivity index (χ3v) is 10.2. The van der Waals surface area contributed by atoms with Crippen molar-refractivity contribution in [2.75, 3.05) is 25.9 Å². The van der Waals surface area contributed by atoms with Crippen molar-refractivity contribution in [2.24, 2.45) is 10.7 Å². The Morgan fingerprint density at radius 3 is 2.87 bits per heavy atom. The number of carbonyl (C=O) groups is 1. The number of nitrogens with two attached hydrogens (primary N) is 2. The van der Waals surface area contributed by atoms with Gasteiger partial charge in [-0.2, -0.15) is 10.2 Å². The molecular weight excluding hydrogens is 592 g/mol. The van der Waals surface area contributed by atoms with Crippen molar-refractivity contribution in [2.45, 2.75) is 82.8 Å². The van der Waals surface area contributed by atoms with Crippen LogP contribution in [0.25, 0.3) is 11.5 Å². The number of aliphatic imine (C=N–C) groups is 1. The molecule has 12 nitrogen and oxygen atoms in total. The third kappa shape index (κ3) is 5.68. The molecule has 1 saturated heterocycles. The highest BCUT2D eigenvalue weighted by molar-refractivity contribution is 7.16. The number of likely N-dealkylation sites (N-methyl/N-ethyl adjacent to an activating group) is 1. The van der Waals surface area contributed by atoms with Gasteiger partial charge in [-0.25, -0.2) is 14.8 Å². The van der Waals surface area contributed by atoms with Gasteiger partial charge in [-0.1, -0.05) is 5.16 Å². The first-order chi connectivity index (χ1) is 21.8. The topological polar surface area (TPSA) is 179 Å². The smallest absolute Gasteiger partial charge is 0.354 e. The second kappa shape index (κ2) is 12.6. The standard InChI is InChI=1S/C32H38N8O4S/c1-4-42-31(41)21(34)11-14-36-24-16-25(43-18(2)22-9-7-15-40(22)3)38-30(37-24)27-19-8-5-12-32(28(19)44-39-27)13-6-10-23-26(32)20(17-33)29(35)45-23/h11,14,16,18,22H,4-10,12-13,15,34-35H2,1-3H3/t18-,22-,32-/m0/s1. The number of rotatable bonds is 8. The summed E-state index contributed by atoms with van der Waals surface area (Å²) in [5, 5.41) is 15.1. The molecule has 13 heteroatoms. The zero-order valence-corrected chi connectivity index (χ0v) is 26.7. The number of nitriles is 1. The van der Waals surface area contributed by atoms with Gasteiger partial charge in [0.2, 0.25) is 5.88 Å². The Kier molecular flexibility index (Phi) is 8.61. The fraction of sp³-hybridized carbons (Fsp3) is 0.500. The lowest BCUT2D eigenvalue weighted by molar-refractivity contribution is -0.138. The summed E-state index contributed by atoms with van der Waals surface area (Å²) >= 11 is 1.51. The van der Waals surface area contributed by atoms with Gasteiger partial charge in [0.25, 0.3) is 0 Å². The predicted octanol–water partition coefficient (Wildman–Crippen LogP) is 4.58. The van der Waals surface area contributed by atoms with Crippen LogP contribution in [0.3, 0.4) is 0 Å². The van der Waals surface area contributed by atoms with E-state index in [4.69, 9.17) is 35.4 Å². The van der Waals surface area contributed by atoms with Gasteiger partial charge >= 0.3 is 5.97 Å². The average Bonchev–Trinajstić information content (AvgIpc) is 3.74. The first-order valence-electron chi connectivity index (χ1n) is 15.5. The molecule has 0 saturated carbocycles. The van der Waals surface area contributed by atoms with Crippen LogP contribution in [0.5, 0.6) is 5.88 Å². The van der Waals surface area contributed by atoms with Crippen LogP contribution >= 0.6 is 11.3 Å². The van der Waals surface area contributed by atoms with Crippen LogP contribution in [0.2, 0.25) is 0 Å². The lowest BCUT2D eigenvalue weighted by Gasteiger charge is -2.39. The summed E-state index contributed by atoms with van der Waals surface area (Å²) in [5.74, 6) is 1.16. The Morgan fingerprint density at radius 1 is 1.33 bits per heavy atom. The maximum Gasteiger partial charge on any atom is 0.354 e. The molecule has 2 aliphatic carbocycles. The highest BCUT2D eigenvalue weighted by Gasteiger charge is 2.48. The van der Waals surface area contributed by atoms with E-state index in [0.717, 1.165) is 79.7 Å². The molecule has 4 heterocycles. The number of hydrogen-bond donors (Lipinski definition) is 2. The Bertz CT molecular complexity index is 1700. The fourth-order valence-electron chi connectivity index (χ4n) is 7.14. The van der Waals surface area contributed by atoms with E-state index in [0.29, 0.717) is 33.8 Å². The fourth-order valence-corrected chi connectivity index (χ4v) is 8.30. The largest absolute Gasteiger partial charge is 0.473 e. The van der Waals surface area contributed by atoms with Crippen LogP contribution in [-0.2, 0) is 27.8 Å². The quantitative estimate of drug-likeness (QED) is 0.202. The molecule has 3 aromatic rings. The number of allylic oxidation sites excluding steroid dienone is 1. The van der Waals surface area contributed by atoms with E-state index in [1.165, 1.54) is 23.6 Å². The van der Waals surface area contributed by atoms with Crippen LogP contribution in [0.15, 0.2) is 27.4 Å². The van der Waals surface area contributed by atoms with Crippen LogP contribution < -0.4 is 16.2 Å². The minimum Gasteiger partial charge on any atom is -0.473 e. The van der Waals surface area contributed by atoms with Gasteiger partial charge < -0.3 is 25.5 Å².